The molecule has 0 fully saturated rings. The summed E-state index contributed by atoms with van der Waals surface area (Å²) in [5.41, 5.74) is 3.29. The van der Waals surface area contributed by atoms with Crippen LogP contribution >= 0.6 is 11.8 Å². The molecule has 0 radical (unpaired) electrons. The Morgan fingerprint density at radius 1 is 1.15 bits per heavy atom. The number of hydrogen-bond acceptors (Lipinski definition) is 5. The minimum atomic E-state index is -0.0316. The van der Waals surface area contributed by atoms with Crippen LogP contribution in [0.25, 0.3) is 11.5 Å². The maximum Gasteiger partial charge on any atom is 0.277 e. The molecule has 5 nitrogen and oxygen atoms in total. The Bertz CT molecular complexity index is 880. The van der Waals surface area contributed by atoms with E-state index in [1.165, 1.54) is 17.3 Å². The van der Waals surface area contributed by atoms with Crippen molar-refractivity contribution in [2.75, 3.05) is 5.75 Å². The van der Waals surface area contributed by atoms with Crippen molar-refractivity contribution in [3.8, 4) is 11.5 Å². The van der Waals surface area contributed by atoms with Crippen molar-refractivity contribution in [2.45, 2.75) is 38.0 Å². The van der Waals surface area contributed by atoms with E-state index in [0.717, 1.165) is 24.0 Å². The summed E-state index contributed by atoms with van der Waals surface area (Å²) in [6, 6.07) is 18.3. The van der Waals surface area contributed by atoms with Gasteiger partial charge in [-0.1, -0.05) is 59.8 Å². The Hall–Kier alpha value is -2.60. The van der Waals surface area contributed by atoms with E-state index in [1.54, 1.807) is 0 Å². The molecule has 0 spiro atoms. The van der Waals surface area contributed by atoms with Crippen molar-refractivity contribution in [2.24, 2.45) is 0 Å². The fourth-order valence-electron chi connectivity index (χ4n) is 2.71. The Labute approximate surface area is 163 Å². The Balaban J connectivity index is 1.44. The lowest BCUT2D eigenvalue weighted by Crippen LogP contribution is -2.34. The zero-order valence-corrected chi connectivity index (χ0v) is 16.3. The van der Waals surface area contributed by atoms with Gasteiger partial charge in [0.1, 0.15) is 0 Å². The third-order valence-electron chi connectivity index (χ3n) is 4.11. The van der Waals surface area contributed by atoms with Crippen molar-refractivity contribution < 1.29 is 9.21 Å². The fourth-order valence-corrected chi connectivity index (χ4v) is 3.28. The molecule has 27 heavy (non-hydrogen) atoms. The molecule has 2 aromatic carbocycles. The van der Waals surface area contributed by atoms with Crippen LogP contribution in [-0.2, 0) is 11.2 Å². The van der Waals surface area contributed by atoms with Crippen molar-refractivity contribution in [1.82, 2.24) is 15.5 Å². The summed E-state index contributed by atoms with van der Waals surface area (Å²) in [5.74, 6) is 0.694. The molecule has 0 unspecified atom stereocenters. The zero-order valence-electron chi connectivity index (χ0n) is 15.5. The third kappa shape index (κ3) is 5.96. The van der Waals surface area contributed by atoms with E-state index in [2.05, 4.69) is 27.6 Å². The van der Waals surface area contributed by atoms with E-state index >= 15 is 0 Å². The highest BCUT2D eigenvalue weighted by molar-refractivity contribution is 7.99. The Morgan fingerprint density at radius 3 is 2.74 bits per heavy atom. The first-order valence-electron chi connectivity index (χ1n) is 8.97. The van der Waals surface area contributed by atoms with Gasteiger partial charge in [-0.25, -0.2) is 0 Å². The monoisotopic (exact) mass is 381 g/mol. The molecule has 1 aromatic heterocycles. The number of carbonyl (C=O) groups is 1. The molecule has 0 saturated heterocycles. The largest absolute Gasteiger partial charge is 0.411 e. The van der Waals surface area contributed by atoms with Gasteiger partial charge in [0.2, 0.25) is 11.8 Å². The van der Waals surface area contributed by atoms with Crippen LogP contribution in [0.1, 0.15) is 24.5 Å². The first-order valence-corrected chi connectivity index (χ1v) is 9.95. The smallest absolute Gasteiger partial charge is 0.277 e. The predicted octanol–water partition coefficient (Wildman–Crippen LogP) is 4.27. The number of amides is 1. The molecule has 140 valence electrons. The molecule has 1 amide bonds. The predicted molar refractivity (Wildman–Crippen MR) is 108 cm³/mol. The highest BCUT2D eigenvalue weighted by Crippen LogP contribution is 2.23. The number of benzene rings is 2. The van der Waals surface area contributed by atoms with Crippen LogP contribution in [0.5, 0.6) is 0 Å². The molecular weight excluding hydrogens is 358 g/mol. The molecule has 0 aliphatic rings. The number of carbonyl (C=O) groups excluding carboxylic acids is 1. The van der Waals surface area contributed by atoms with Crippen LogP contribution in [0.3, 0.4) is 0 Å². The van der Waals surface area contributed by atoms with Gasteiger partial charge < -0.3 is 9.73 Å². The first-order chi connectivity index (χ1) is 13.1. The minimum absolute atomic E-state index is 0.0316. The summed E-state index contributed by atoms with van der Waals surface area (Å²) in [6.07, 6.45) is 1.84. The van der Waals surface area contributed by atoms with Crippen LogP contribution in [0, 0.1) is 6.92 Å². The van der Waals surface area contributed by atoms with E-state index in [-0.39, 0.29) is 17.7 Å². The van der Waals surface area contributed by atoms with Crippen LogP contribution in [0.15, 0.2) is 64.2 Å². The maximum absolute atomic E-state index is 12.1. The second kappa shape index (κ2) is 9.37. The molecule has 3 rings (SSSR count). The average Bonchev–Trinajstić information content (AvgIpc) is 3.15. The number of thioether (sulfide) groups is 1. The number of aromatic nitrogens is 2. The van der Waals surface area contributed by atoms with Crippen LogP contribution in [0.4, 0.5) is 0 Å². The maximum atomic E-state index is 12.1. The second-order valence-electron chi connectivity index (χ2n) is 6.52. The summed E-state index contributed by atoms with van der Waals surface area (Å²) in [6.45, 7) is 4.03. The van der Waals surface area contributed by atoms with E-state index in [9.17, 15) is 4.79 Å². The van der Waals surface area contributed by atoms with E-state index in [4.69, 9.17) is 4.42 Å². The van der Waals surface area contributed by atoms with E-state index in [0.29, 0.717) is 11.1 Å². The lowest BCUT2D eigenvalue weighted by atomic mass is 10.1. The molecule has 1 N–H and O–H groups in total. The molecule has 3 aromatic rings. The summed E-state index contributed by atoms with van der Waals surface area (Å²) in [5, 5.41) is 11.5. The molecule has 1 heterocycles. The van der Waals surface area contributed by atoms with Gasteiger partial charge in [-0.05, 0) is 44.4 Å². The SMILES string of the molecule is Cc1cccc(-c2nnc(SCC(=O)N[C@H](C)CCc3ccccc3)o2)c1. The zero-order chi connectivity index (χ0) is 19.1. The number of hydrogen-bond donors (Lipinski definition) is 1. The van der Waals surface area contributed by atoms with Crippen molar-refractivity contribution >= 4 is 17.7 Å². The van der Waals surface area contributed by atoms with Gasteiger partial charge in [0.05, 0.1) is 5.75 Å². The normalized spacial score (nSPS) is 11.9. The van der Waals surface area contributed by atoms with Crippen molar-refractivity contribution in [3.05, 3.63) is 65.7 Å². The number of nitrogens with zero attached hydrogens (tertiary/aromatic N) is 2. The van der Waals surface area contributed by atoms with Crippen molar-refractivity contribution in [3.63, 3.8) is 0 Å². The van der Waals surface area contributed by atoms with Gasteiger partial charge in [-0.3, -0.25) is 4.79 Å². The second-order valence-corrected chi connectivity index (χ2v) is 7.45. The van der Waals surface area contributed by atoms with Crippen LogP contribution in [0.2, 0.25) is 0 Å². The molecule has 0 aliphatic carbocycles. The van der Waals surface area contributed by atoms with Gasteiger partial charge in [-0.15, -0.1) is 10.2 Å². The van der Waals surface area contributed by atoms with Crippen LogP contribution in [-0.4, -0.2) is 27.9 Å². The van der Waals surface area contributed by atoms with E-state index in [1.807, 2.05) is 56.3 Å². The summed E-state index contributed by atoms with van der Waals surface area (Å²) < 4.78 is 5.65. The van der Waals surface area contributed by atoms with E-state index < -0.39 is 0 Å². The van der Waals surface area contributed by atoms with Gasteiger partial charge in [0, 0.05) is 11.6 Å². The van der Waals surface area contributed by atoms with Gasteiger partial charge >= 0.3 is 0 Å². The lowest BCUT2D eigenvalue weighted by Gasteiger charge is -2.13. The first kappa shape index (κ1) is 19.2. The highest BCUT2D eigenvalue weighted by Gasteiger charge is 2.13. The Kier molecular flexibility index (Phi) is 6.65. The molecule has 0 bridgehead atoms. The molecule has 0 aliphatic heterocycles. The molecule has 6 heteroatoms. The molecule has 0 saturated carbocycles. The quantitative estimate of drug-likeness (QED) is 0.590. The number of aryl methyl sites for hydroxylation is 2. The summed E-state index contributed by atoms with van der Waals surface area (Å²) in [7, 11) is 0. The standard InChI is InChI=1S/C21H23N3O2S/c1-15-7-6-10-18(13-15)20-23-24-21(26-20)27-14-19(25)22-16(2)11-12-17-8-4-3-5-9-17/h3-10,13,16H,11-12,14H2,1-2H3,(H,22,25)/t16-/m1/s1. The molecular formula is C21H23N3O2S. The topological polar surface area (TPSA) is 68.0 Å². The number of rotatable bonds is 8. The third-order valence-corrected chi connectivity index (χ3v) is 4.93. The fraction of sp³-hybridized carbons (Fsp3) is 0.286. The van der Waals surface area contributed by atoms with Gasteiger partial charge in [0.25, 0.3) is 5.22 Å². The van der Waals surface area contributed by atoms with Gasteiger partial charge in [0.15, 0.2) is 0 Å². The minimum Gasteiger partial charge on any atom is -0.411 e. The average molecular weight is 382 g/mol. The summed E-state index contributed by atoms with van der Waals surface area (Å²) >= 11 is 1.25. The molecule has 1 atom stereocenters. The summed E-state index contributed by atoms with van der Waals surface area (Å²) in [4.78, 5) is 12.1. The van der Waals surface area contributed by atoms with Gasteiger partial charge in [-0.2, -0.15) is 0 Å². The number of nitrogens with one attached hydrogen (secondary N) is 1. The highest BCUT2D eigenvalue weighted by atomic mass is 32.2. The Morgan fingerprint density at radius 2 is 1.96 bits per heavy atom. The van der Waals surface area contributed by atoms with Crippen molar-refractivity contribution in [1.29, 1.82) is 0 Å². The van der Waals surface area contributed by atoms with Crippen LogP contribution < -0.4 is 5.32 Å². The lowest BCUT2D eigenvalue weighted by molar-refractivity contribution is -0.119.